The minimum atomic E-state index is -0.0696. The number of aromatic nitrogens is 1. The Labute approximate surface area is 147 Å². The van der Waals surface area contributed by atoms with Crippen molar-refractivity contribution < 1.29 is 4.79 Å². The second kappa shape index (κ2) is 6.87. The minimum absolute atomic E-state index is 0.00530. The zero-order valence-electron chi connectivity index (χ0n) is 14.4. The molecular formula is C21H24N2O2. The summed E-state index contributed by atoms with van der Waals surface area (Å²) in [4.78, 5) is 26.9. The second-order valence-corrected chi connectivity index (χ2v) is 7.26. The SMILES string of the molecule is O=C(Cc1ccc2c(c1)CCCC2)NC1CCCc2[nH]c(=O)ccc21. The van der Waals surface area contributed by atoms with Crippen LogP contribution in [-0.4, -0.2) is 10.9 Å². The molecule has 1 heterocycles. The molecule has 4 rings (SSSR count). The first-order chi connectivity index (χ1) is 12.2. The highest BCUT2D eigenvalue weighted by atomic mass is 16.1. The molecule has 2 aliphatic carbocycles. The molecule has 0 spiro atoms. The van der Waals surface area contributed by atoms with Gasteiger partial charge in [0.2, 0.25) is 11.5 Å². The van der Waals surface area contributed by atoms with Crippen molar-refractivity contribution in [2.75, 3.05) is 0 Å². The number of hydrogen-bond acceptors (Lipinski definition) is 2. The third kappa shape index (κ3) is 3.53. The van der Waals surface area contributed by atoms with Crippen LogP contribution in [0.5, 0.6) is 0 Å². The Bertz CT molecular complexity index is 853. The predicted molar refractivity (Wildman–Crippen MR) is 97.7 cm³/mol. The Morgan fingerprint density at radius 1 is 1.04 bits per heavy atom. The van der Waals surface area contributed by atoms with Crippen molar-refractivity contribution >= 4 is 5.91 Å². The predicted octanol–water partition coefficient (Wildman–Crippen LogP) is 2.99. The number of fused-ring (bicyclic) bond motifs is 2. The molecule has 2 aliphatic rings. The monoisotopic (exact) mass is 336 g/mol. The summed E-state index contributed by atoms with van der Waals surface area (Å²) in [6.45, 7) is 0. The van der Waals surface area contributed by atoms with E-state index in [0.717, 1.165) is 42.5 Å². The van der Waals surface area contributed by atoms with Crippen LogP contribution in [0, 0.1) is 0 Å². The van der Waals surface area contributed by atoms with E-state index in [1.807, 2.05) is 6.07 Å². The Kier molecular flexibility index (Phi) is 4.43. The highest BCUT2D eigenvalue weighted by molar-refractivity contribution is 5.79. The van der Waals surface area contributed by atoms with E-state index in [9.17, 15) is 9.59 Å². The molecule has 4 nitrogen and oxygen atoms in total. The molecule has 0 aliphatic heterocycles. The third-order valence-corrected chi connectivity index (χ3v) is 5.44. The van der Waals surface area contributed by atoms with Crippen molar-refractivity contribution in [2.45, 2.75) is 57.4 Å². The van der Waals surface area contributed by atoms with E-state index in [1.165, 1.54) is 30.4 Å². The van der Waals surface area contributed by atoms with E-state index in [1.54, 1.807) is 6.07 Å². The van der Waals surface area contributed by atoms with Crippen molar-refractivity contribution in [3.63, 3.8) is 0 Å². The van der Waals surface area contributed by atoms with Crippen LogP contribution in [0.25, 0.3) is 0 Å². The number of benzene rings is 1. The first-order valence-corrected chi connectivity index (χ1v) is 9.31. The Balaban J connectivity index is 1.46. The van der Waals surface area contributed by atoms with Crippen molar-refractivity contribution in [1.82, 2.24) is 10.3 Å². The van der Waals surface area contributed by atoms with Crippen LogP contribution in [0.3, 0.4) is 0 Å². The lowest BCUT2D eigenvalue weighted by Crippen LogP contribution is -2.33. The maximum absolute atomic E-state index is 12.5. The van der Waals surface area contributed by atoms with E-state index in [0.29, 0.717) is 6.42 Å². The lowest BCUT2D eigenvalue weighted by atomic mass is 9.89. The fourth-order valence-electron chi connectivity index (χ4n) is 4.18. The number of carbonyl (C=O) groups is 1. The summed E-state index contributed by atoms with van der Waals surface area (Å²) >= 11 is 0. The molecule has 1 amide bonds. The van der Waals surface area contributed by atoms with Gasteiger partial charge in [-0.05, 0) is 73.3 Å². The standard InChI is InChI=1S/C21H24N2O2/c24-20-11-10-17-18(22-20)6-3-7-19(17)23-21(25)13-14-8-9-15-4-1-2-5-16(15)12-14/h8-12,19H,1-7,13H2,(H,22,24)(H,23,25). The summed E-state index contributed by atoms with van der Waals surface area (Å²) in [5, 5.41) is 3.16. The smallest absolute Gasteiger partial charge is 0.248 e. The molecule has 4 heteroatoms. The van der Waals surface area contributed by atoms with Crippen LogP contribution < -0.4 is 10.9 Å². The fourth-order valence-corrected chi connectivity index (χ4v) is 4.18. The summed E-state index contributed by atoms with van der Waals surface area (Å²) < 4.78 is 0. The van der Waals surface area contributed by atoms with Gasteiger partial charge in [0.05, 0.1) is 12.5 Å². The maximum Gasteiger partial charge on any atom is 0.248 e. The number of aromatic amines is 1. The van der Waals surface area contributed by atoms with Crippen molar-refractivity contribution in [2.24, 2.45) is 0 Å². The zero-order valence-corrected chi connectivity index (χ0v) is 14.4. The molecule has 1 atom stereocenters. The normalized spacial score (nSPS) is 19.0. The Hall–Kier alpha value is -2.36. The van der Waals surface area contributed by atoms with Gasteiger partial charge in [-0.15, -0.1) is 0 Å². The number of amides is 1. The van der Waals surface area contributed by atoms with Crippen LogP contribution in [-0.2, 0) is 30.5 Å². The fraction of sp³-hybridized carbons (Fsp3) is 0.429. The summed E-state index contributed by atoms with van der Waals surface area (Å²) in [6.07, 6.45) is 8.03. The lowest BCUT2D eigenvalue weighted by Gasteiger charge is -2.26. The van der Waals surface area contributed by atoms with E-state index < -0.39 is 0 Å². The van der Waals surface area contributed by atoms with Gasteiger partial charge >= 0.3 is 0 Å². The number of carbonyl (C=O) groups excluding carboxylic acids is 1. The van der Waals surface area contributed by atoms with E-state index in [2.05, 4.69) is 28.5 Å². The molecule has 0 saturated carbocycles. The van der Waals surface area contributed by atoms with Gasteiger partial charge in [-0.2, -0.15) is 0 Å². The van der Waals surface area contributed by atoms with Gasteiger partial charge in [0.25, 0.3) is 0 Å². The van der Waals surface area contributed by atoms with E-state index >= 15 is 0 Å². The number of aryl methyl sites for hydroxylation is 3. The number of pyridine rings is 1. The first-order valence-electron chi connectivity index (χ1n) is 9.31. The molecule has 2 N–H and O–H groups in total. The number of rotatable bonds is 3. The summed E-state index contributed by atoms with van der Waals surface area (Å²) in [5.41, 5.74) is 5.91. The average Bonchev–Trinajstić information content (AvgIpc) is 2.61. The van der Waals surface area contributed by atoms with Gasteiger partial charge in [-0.1, -0.05) is 18.2 Å². The van der Waals surface area contributed by atoms with Gasteiger partial charge in [0.1, 0.15) is 0 Å². The highest BCUT2D eigenvalue weighted by Gasteiger charge is 2.22. The van der Waals surface area contributed by atoms with Crippen LogP contribution in [0.1, 0.15) is 59.7 Å². The molecule has 130 valence electrons. The van der Waals surface area contributed by atoms with Crippen LogP contribution in [0.4, 0.5) is 0 Å². The van der Waals surface area contributed by atoms with Crippen LogP contribution in [0.15, 0.2) is 35.1 Å². The molecule has 0 saturated heterocycles. The van der Waals surface area contributed by atoms with Crippen molar-refractivity contribution in [3.05, 3.63) is 68.6 Å². The molecule has 0 bridgehead atoms. The van der Waals surface area contributed by atoms with Gasteiger partial charge in [-0.25, -0.2) is 0 Å². The van der Waals surface area contributed by atoms with Gasteiger partial charge in [0, 0.05) is 11.8 Å². The number of nitrogens with one attached hydrogen (secondary N) is 2. The van der Waals surface area contributed by atoms with Gasteiger partial charge in [-0.3, -0.25) is 9.59 Å². The van der Waals surface area contributed by atoms with Crippen molar-refractivity contribution in [3.8, 4) is 0 Å². The second-order valence-electron chi connectivity index (χ2n) is 7.26. The van der Waals surface area contributed by atoms with Gasteiger partial charge in [0.15, 0.2) is 0 Å². The molecule has 1 aromatic heterocycles. The number of H-pyrrole nitrogens is 1. The first kappa shape index (κ1) is 16.1. The molecule has 2 aromatic rings. The third-order valence-electron chi connectivity index (χ3n) is 5.44. The molecule has 1 unspecified atom stereocenters. The van der Waals surface area contributed by atoms with Crippen LogP contribution >= 0.6 is 0 Å². The Morgan fingerprint density at radius 2 is 1.88 bits per heavy atom. The molecule has 0 radical (unpaired) electrons. The lowest BCUT2D eigenvalue weighted by molar-refractivity contribution is -0.121. The highest BCUT2D eigenvalue weighted by Crippen LogP contribution is 2.28. The molecular weight excluding hydrogens is 312 g/mol. The summed E-state index contributed by atoms with van der Waals surface area (Å²) in [6, 6.07) is 9.91. The molecule has 25 heavy (non-hydrogen) atoms. The van der Waals surface area contributed by atoms with E-state index in [4.69, 9.17) is 0 Å². The quantitative estimate of drug-likeness (QED) is 0.905. The topological polar surface area (TPSA) is 62.0 Å². The maximum atomic E-state index is 12.5. The largest absolute Gasteiger partial charge is 0.349 e. The van der Waals surface area contributed by atoms with E-state index in [-0.39, 0.29) is 17.5 Å². The average molecular weight is 336 g/mol. The van der Waals surface area contributed by atoms with Crippen molar-refractivity contribution in [1.29, 1.82) is 0 Å². The minimum Gasteiger partial charge on any atom is -0.349 e. The van der Waals surface area contributed by atoms with Gasteiger partial charge < -0.3 is 10.3 Å². The van der Waals surface area contributed by atoms with Crippen LogP contribution in [0.2, 0.25) is 0 Å². The molecule has 0 fully saturated rings. The number of hydrogen-bond donors (Lipinski definition) is 2. The zero-order chi connectivity index (χ0) is 17.2. The Morgan fingerprint density at radius 3 is 2.76 bits per heavy atom. The summed E-state index contributed by atoms with van der Waals surface area (Å²) in [5.74, 6) is 0.0554. The molecule has 1 aromatic carbocycles. The summed E-state index contributed by atoms with van der Waals surface area (Å²) in [7, 11) is 0.